The number of allylic oxidation sites excluding steroid dienone is 3. The molecule has 1 aliphatic carbocycles. The summed E-state index contributed by atoms with van der Waals surface area (Å²) in [6.45, 7) is 8.31. The number of hydrogen-bond acceptors (Lipinski definition) is 5. The number of carbonyl (C=O) groups is 1. The van der Waals surface area contributed by atoms with E-state index in [1.165, 1.54) is 6.07 Å². The normalized spacial score (nSPS) is 18.5. The summed E-state index contributed by atoms with van der Waals surface area (Å²) in [5.74, 6) is -0.378. The number of carbonyl (C=O) groups excluding carboxylic acids is 1. The number of nitrogens with two attached hydrogens (primary N) is 1. The molecule has 2 N–H and O–H groups in total. The van der Waals surface area contributed by atoms with Crippen LogP contribution in [-0.2, 0) is 11.4 Å². The molecule has 1 aliphatic heterocycles. The lowest BCUT2D eigenvalue weighted by atomic mass is 9.68. The number of ketones is 1. The fourth-order valence-electron chi connectivity index (χ4n) is 5.80. The van der Waals surface area contributed by atoms with E-state index < -0.39 is 11.7 Å². The Labute approximate surface area is 239 Å². The van der Waals surface area contributed by atoms with Crippen molar-refractivity contribution >= 4 is 23.1 Å². The molecular formula is C33H31ClFN3O2. The highest BCUT2D eigenvalue weighted by Crippen LogP contribution is 2.51. The molecule has 0 saturated carbocycles. The molecule has 3 aromatic rings. The molecule has 7 heteroatoms. The number of hydrogen-bond donors (Lipinski definition) is 1. The fraction of sp³-hybridized carbons (Fsp3) is 0.273. The number of anilines is 1. The van der Waals surface area contributed by atoms with E-state index in [1.807, 2.05) is 52.0 Å². The van der Waals surface area contributed by atoms with Crippen molar-refractivity contribution in [1.29, 1.82) is 5.26 Å². The van der Waals surface area contributed by atoms with E-state index in [1.54, 1.807) is 35.2 Å². The van der Waals surface area contributed by atoms with Gasteiger partial charge in [-0.15, -0.1) is 0 Å². The largest absolute Gasteiger partial charge is 0.489 e. The third kappa shape index (κ3) is 4.98. The van der Waals surface area contributed by atoms with Gasteiger partial charge in [0.2, 0.25) is 0 Å². The highest BCUT2D eigenvalue weighted by atomic mass is 35.5. The van der Waals surface area contributed by atoms with E-state index in [0.29, 0.717) is 41.5 Å². The summed E-state index contributed by atoms with van der Waals surface area (Å²) < 4.78 is 21.2. The van der Waals surface area contributed by atoms with Crippen LogP contribution in [0.3, 0.4) is 0 Å². The van der Waals surface area contributed by atoms with Crippen LogP contribution < -0.4 is 15.4 Å². The Kier molecular flexibility index (Phi) is 7.20. The van der Waals surface area contributed by atoms with E-state index in [0.717, 1.165) is 22.3 Å². The van der Waals surface area contributed by atoms with Crippen molar-refractivity contribution in [3.05, 3.63) is 116 Å². The van der Waals surface area contributed by atoms with Crippen LogP contribution in [0.4, 0.5) is 10.1 Å². The second-order valence-corrected chi connectivity index (χ2v) is 11.7. The van der Waals surface area contributed by atoms with Gasteiger partial charge >= 0.3 is 0 Å². The second kappa shape index (κ2) is 10.5. The molecule has 0 radical (unpaired) electrons. The van der Waals surface area contributed by atoms with Gasteiger partial charge in [-0.1, -0.05) is 49.7 Å². The summed E-state index contributed by atoms with van der Waals surface area (Å²) in [4.78, 5) is 15.4. The third-order valence-corrected chi connectivity index (χ3v) is 7.97. The molecule has 1 heterocycles. The monoisotopic (exact) mass is 555 g/mol. The SMILES string of the molecule is Cc1cc(C)c(C2C(C#N)=C(N)N(c3ccccc3F)C3=C2C(=O)CC(C)(C)C3)cc1COc1ccc(Cl)cc1. The Balaban J connectivity index is 1.67. The Morgan fingerprint density at radius 1 is 1.10 bits per heavy atom. The molecule has 3 aromatic carbocycles. The first-order chi connectivity index (χ1) is 19.0. The predicted molar refractivity (Wildman–Crippen MR) is 155 cm³/mol. The van der Waals surface area contributed by atoms with Crippen LogP contribution in [0, 0.1) is 36.4 Å². The number of rotatable bonds is 5. The first-order valence-electron chi connectivity index (χ1n) is 13.2. The Morgan fingerprint density at radius 2 is 1.80 bits per heavy atom. The summed E-state index contributed by atoms with van der Waals surface area (Å²) in [5.41, 5.74) is 11.7. The van der Waals surface area contributed by atoms with Crippen molar-refractivity contribution in [2.45, 2.75) is 53.1 Å². The number of ether oxygens (including phenoxy) is 1. The van der Waals surface area contributed by atoms with Crippen molar-refractivity contribution in [1.82, 2.24) is 0 Å². The molecule has 40 heavy (non-hydrogen) atoms. The van der Waals surface area contributed by atoms with Gasteiger partial charge in [0.05, 0.1) is 23.2 Å². The highest BCUT2D eigenvalue weighted by Gasteiger charge is 2.45. The molecule has 0 aromatic heterocycles. The lowest BCUT2D eigenvalue weighted by molar-refractivity contribution is -0.118. The van der Waals surface area contributed by atoms with E-state index in [9.17, 15) is 10.1 Å². The number of nitrogens with zero attached hydrogens (tertiary/aromatic N) is 2. The molecule has 0 saturated heterocycles. The minimum absolute atomic E-state index is 0.0585. The number of aryl methyl sites for hydroxylation is 2. The van der Waals surface area contributed by atoms with Gasteiger partial charge in [-0.05, 0) is 84.3 Å². The molecule has 1 unspecified atom stereocenters. The molecule has 0 spiro atoms. The molecule has 5 rings (SSSR count). The summed E-state index contributed by atoms with van der Waals surface area (Å²) in [6, 6.07) is 19.8. The topological polar surface area (TPSA) is 79.4 Å². The average molecular weight is 556 g/mol. The number of para-hydroxylation sites is 1. The standard InChI is InChI=1S/C33H31ClFN3O2/c1-19-13-20(2)24(14-21(19)18-40-23-11-9-22(34)10-12-23)30-25(17-36)32(37)38(27-8-6-5-7-26(27)35)28-15-33(3,4)16-29(39)31(28)30/h5-14,30H,15-16,18,37H2,1-4H3. The molecular weight excluding hydrogens is 525 g/mol. The van der Waals surface area contributed by atoms with Crippen LogP contribution in [0.1, 0.15) is 54.9 Å². The van der Waals surface area contributed by atoms with Gasteiger partial charge in [0.25, 0.3) is 0 Å². The van der Waals surface area contributed by atoms with Crippen molar-refractivity contribution in [3.63, 3.8) is 0 Å². The molecule has 0 fully saturated rings. The van der Waals surface area contributed by atoms with Gasteiger partial charge in [-0.3, -0.25) is 9.69 Å². The molecule has 2 aliphatic rings. The molecule has 0 bridgehead atoms. The summed E-state index contributed by atoms with van der Waals surface area (Å²) in [7, 11) is 0. The van der Waals surface area contributed by atoms with E-state index >= 15 is 4.39 Å². The maximum Gasteiger partial charge on any atom is 0.162 e. The summed E-state index contributed by atoms with van der Waals surface area (Å²) in [5, 5.41) is 11.0. The Morgan fingerprint density at radius 3 is 2.48 bits per heavy atom. The van der Waals surface area contributed by atoms with Crippen molar-refractivity contribution < 1.29 is 13.9 Å². The first kappa shape index (κ1) is 27.5. The zero-order valence-corrected chi connectivity index (χ0v) is 23.8. The van der Waals surface area contributed by atoms with Crippen LogP contribution in [0.25, 0.3) is 0 Å². The zero-order valence-electron chi connectivity index (χ0n) is 23.0. The van der Waals surface area contributed by atoms with Crippen LogP contribution in [-0.4, -0.2) is 5.78 Å². The van der Waals surface area contributed by atoms with Crippen molar-refractivity contribution in [2.75, 3.05) is 4.90 Å². The summed E-state index contributed by atoms with van der Waals surface area (Å²) >= 11 is 6.01. The lowest BCUT2D eigenvalue weighted by Gasteiger charge is -2.44. The van der Waals surface area contributed by atoms with Gasteiger partial charge in [0, 0.05) is 22.7 Å². The maximum atomic E-state index is 15.1. The van der Waals surface area contributed by atoms with Crippen molar-refractivity contribution in [2.24, 2.45) is 11.1 Å². The fourth-order valence-corrected chi connectivity index (χ4v) is 5.93. The lowest BCUT2D eigenvalue weighted by Crippen LogP contribution is -2.42. The Bertz CT molecular complexity index is 1620. The number of halogens is 2. The smallest absolute Gasteiger partial charge is 0.162 e. The second-order valence-electron chi connectivity index (χ2n) is 11.3. The first-order valence-corrected chi connectivity index (χ1v) is 13.6. The predicted octanol–water partition coefficient (Wildman–Crippen LogP) is 7.62. The molecule has 1 atom stereocenters. The number of Topliss-reactive ketones (excluding diaryl/α,β-unsaturated/α-hetero) is 1. The van der Waals surface area contributed by atoms with E-state index in [2.05, 4.69) is 6.07 Å². The average Bonchev–Trinajstić information content (AvgIpc) is 2.89. The zero-order chi connectivity index (χ0) is 28.8. The molecule has 204 valence electrons. The van der Waals surface area contributed by atoms with E-state index in [-0.39, 0.29) is 28.3 Å². The number of nitriles is 1. The minimum atomic E-state index is -0.665. The van der Waals surface area contributed by atoms with Crippen molar-refractivity contribution in [3.8, 4) is 11.8 Å². The highest BCUT2D eigenvalue weighted by molar-refractivity contribution is 6.30. The van der Waals surface area contributed by atoms with Crippen LogP contribution in [0.5, 0.6) is 5.75 Å². The minimum Gasteiger partial charge on any atom is -0.489 e. The molecule has 0 amide bonds. The van der Waals surface area contributed by atoms with Gasteiger partial charge in [-0.2, -0.15) is 5.26 Å². The quantitative estimate of drug-likeness (QED) is 0.350. The van der Waals surface area contributed by atoms with E-state index in [4.69, 9.17) is 22.1 Å². The van der Waals surface area contributed by atoms with Crippen LogP contribution in [0.15, 0.2) is 83.3 Å². The number of benzene rings is 3. The van der Waals surface area contributed by atoms with Crippen LogP contribution >= 0.6 is 11.6 Å². The van der Waals surface area contributed by atoms with Gasteiger partial charge in [0.15, 0.2) is 5.78 Å². The third-order valence-electron chi connectivity index (χ3n) is 7.72. The Hall–Kier alpha value is -4.08. The van der Waals surface area contributed by atoms with Gasteiger partial charge in [0.1, 0.15) is 24.0 Å². The maximum absolute atomic E-state index is 15.1. The van der Waals surface area contributed by atoms with Crippen LogP contribution in [0.2, 0.25) is 5.02 Å². The molecule has 5 nitrogen and oxygen atoms in total. The summed E-state index contributed by atoms with van der Waals surface area (Å²) in [6.07, 6.45) is 0.833. The van der Waals surface area contributed by atoms with Gasteiger partial charge in [-0.25, -0.2) is 4.39 Å². The van der Waals surface area contributed by atoms with Gasteiger partial charge < -0.3 is 10.5 Å².